The molecular formula is C13H9FINO. The molecule has 0 aliphatic carbocycles. The fraction of sp³-hybridized carbons (Fsp3) is 0. The van der Waals surface area contributed by atoms with Crippen LogP contribution in [0.5, 0.6) is 0 Å². The molecule has 0 atom stereocenters. The average Bonchev–Trinajstić information content (AvgIpc) is 2.32. The summed E-state index contributed by atoms with van der Waals surface area (Å²) in [6.07, 6.45) is 0. The Kier molecular flexibility index (Phi) is 3.42. The Morgan fingerprint density at radius 1 is 1.12 bits per heavy atom. The van der Waals surface area contributed by atoms with Crippen LogP contribution in [0.1, 0.15) is 15.9 Å². The van der Waals surface area contributed by atoms with E-state index in [0.29, 0.717) is 5.56 Å². The van der Waals surface area contributed by atoms with E-state index in [1.165, 1.54) is 12.1 Å². The predicted octanol–water partition coefficient (Wildman–Crippen LogP) is 3.24. The molecule has 0 bridgehead atoms. The molecule has 0 heterocycles. The van der Waals surface area contributed by atoms with E-state index in [1.807, 2.05) is 12.1 Å². The lowest BCUT2D eigenvalue weighted by molar-refractivity contribution is 0.103. The van der Waals surface area contributed by atoms with Gasteiger partial charge in [0.25, 0.3) is 0 Å². The Labute approximate surface area is 112 Å². The number of nitrogen functional groups attached to an aromatic ring is 1. The molecule has 0 fully saturated rings. The van der Waals surface area contributed by atoms with Crippen molar-refractivity contribution in [3.63, 3.8) is 0 Å². The van der Waals surface area contributed by atoms with Crippen molar-refractivity contribution in [1.29, 1.82) is 0 Å². The van der Waals surface area contributed by atoms with Crippen molar-refractivity contribution >= 4 is 34.1 Å². The fourth-order valence-corrected chi connectivity index (χ4v) is 1.84. The van der Waals surface area contributed by atoms with Crippen LogP contribution in [0.25, 0.3) is 0 Å². The van der Waals surface area contributed by atoms with Crippen molar-refractivity contribution in [3.8, 4) is 0 Å². The first-order chi connectivity index (χ1) is 8.08. The maximum absolute atomic E-state index is 13.1. The fourth-order valence-electron chi connectivity index (χ4n) is 1.48. The van der Waals surface area contributed by atoms with Gasteiger partial charge in [-0.05, 0) is 65.1 Å². The number of hydrogen-bond donors (Lipinski definition) is 1. The lowest BCUT2D eigenvalue weighted by atomic mass is 10.0. The number of ketones is 1. The van der Waals surface area contributed by atoms with Gasteiger partial charge in [0.2, 0.25) is 0 Å². The van der Waals surface area contributed by atoms with Crippen LogP contribution < -0.4 is 5.73 Å². The van der Waals surface area contributed by atoms with E-state index in [4.69, 9.17) is 5.73 Å². The van der Waals surface area contributed by atoms with Crippen LogP contribution in [-0.4, -0.2) is 5.78 Å². The Hall–Kier alpha value is -1.43. The molecule has 2 nitrogen and oxygen atoms in total. The summed E-state index contributed by atoms with van der Waals surface area (Å²) in [5.74, 6) is -0.730. The van der Waals surface area contributed by atoms with E-state index in [2.05, 4.69) is 22.6 Å². The first-order valence-corrected chi connectivity index (χ1v) is 6.01. The van der Waals surface area contributed by atoms with Crippen molar-refractivity contribution < 1.29 is 9.18 Å². The maximum Gasteiger partial charge on any atom is 0.195 e. The highest BCUT2D eigenvalue weighted by molar-refractivity contribution is 14.1. The van der Waals surface area contributed by atoms with Crippen molar-refractivity contribution in [3.05, 3.63) is 63.0 Å². The molecule has 0 radical (unpaired) electrons. The van der Waals surface area contributed by atoms with Gasteiger partial charge < -0.3 is 5.73 Å². The minimum atomic E-state index is -0.465. The number of carbonyl (C=O) groups excluding carboxylic acids is 1. The zero-order valence-corrected chi connectivity index (χ0v) is 10.9. The Balaban J connectivity index is 2.43. The highest BCUT2D eigenvalue weighted by Crippen LogP contribution is 2.18. The number of halogens is 2. The molecule has 0 aliphatic rings. The summed E-state index contributed by atoms with van der Waals surface area (Å²) in [7, 11) is 0. The second-order valence-electron chi connectivity index (χ2n) is 3.57. The molecule has 0 amide bonds. The van der Waals surface area contributed by atoms with Crippen molar-refractivity contribution in [1.82, 2.24) is 0 Å². The zero-order chi connectivity index (χ0) is 12.4. The molecule has 0 saturated carbocycles. The first-order valence-electron chi connectivity index (χ1n) is 4.93. The van der Waals surface area contributed by atoms with Gasteiger partial charge in [0.05, 0.1) is 0 Å². The zero-order valence-electron chi connectivity index (χ0n) is 8.78. The quantitative estimate of drug-likeness (QED) is 0.518. The van der Waals surface area contributed by atoms with Crippen molar-refractivity contribution in [2.75, 3.05) is 5.73 Å². The van der Waals surface area contributed by atoms with Crippen molar-refractivity contribution in [2.45, 2.75) is 0 Å². The average molecular weight is 341 g/mol. The molecule has 4 heteroatoms. The summed E-state index contributed by atoms with van der Waals surface area (Å²) in [6.45, 7) is 0. The van der Waals surface area contributed by atoms with Gasteiger partial charge >= 0.3 is 0 Å². The van der Waals surface area contributed by atoms with E-state index < -0.39 is 5.82 Å². The molecule has 0 aromatic heterocycles. The van der Waals surface area contributed by atoms with E-state index in [9.17, 15) is 9.18 Å². The van der Waals surface area contributed by atoms with Crippen LogP contribution in [0.2, 0.25) is 0 Å². The van der Waals surface area contributed by atoms with Gasteiger partial charge in [0, 0.05) is 20.4 Å². The minimum Gasteiger partial charge on any atom is -0.398 e. The second-order valence-corrected chi connectivity index (χ2v) is 4.81. The van der Waals surface area contributed by atoms with E-state index in [-0.39, 0.29) is 17.0 Å². The normalized spacial score (nSPS) is 10.2. The molecular weight excluding hydrogens is 332 g/mol. The summed E-state index contributed by atoms with van der Waals surface area (Å²) >= 11 is 2.15. The summed E-state index contributed by atoms with van der Waals surface area (Å²) in [6, 6.07) is 10.8. The summed E-state index contributed by atoms with van der Waals surface area (Å²) in [5.41, 5.74) is 6.66. The molecule has 0 unspecified atom stereocenters. The van der Waals surface area contributed by atoms with Crippen LogP contribution >= 0.6 is 22.6 Å². The number of carbonyl (C=O) groups is 1. The third-order valence-corrected chi connectivity index (χ3v) is 3.09. The second kappa shape index (κ2) is 4.83. The topological polar surface area (TPSA) is 43.1 Å². The Morgan fingerprint density at radius 2 is 1.76 bits per heavy atom. The number of anilines is 1. The molecule has 2 aromatic rings. The number of hydrogen-bond acceptors (Lipinski definition) is 2. The largest absolute Gasteiger partial charge is 0.398 e. The standard InChI is InChI=1S/C13H9FINO/c14-9-3-6-12(16)11(7-9)13(17)8-1-4-10(15)5-2-8/h1-7H,16H2. The SMILES string of the molecule is Nc1ccc(F)cc1C(=O)c1ccc(I)cc1. The van der Waals surface area contributed by atoms with Crippen LogP contribution in [-0.2, 0) is 0 Å². The molecule has 2 aromatic carbocycles. The summed E-state index contributed by atoms with van der Waals surface area (Å²) < 4.78 is 14.1. The third-order valence-electron chi connectivity index (χ3n) is 2.37. The first kappa shape index (κ1) is 12.0. The monoisotopic (exact) mass is 341 g/mol. The van der Waals surface area contributed by atoms with Crippen LogP contribution in [0, 0.1) is 9.39 Å². The number of benzene rings is 2. The molecule has 17 heavy (non-hydrogen) atoms. The van der Waals surface area contributed by atoms with Crippen LogP contribution in [0.3, 0.4) is 0 Å². The Morgan fingerprint density at radius 3 is 2.41 bits per heavy atom. The van der Waals surface area contributed by atoms with E-state index >= 15 is 0 Å². The molecule has 2 rings (SSSR count). The van der Waals surface area contributed by atoms with E-state index in [0.717, 1.165) is 9.64 Å². The minimum absolute atomic E-state index is 0.200. The van der Waals surface area contributed by atoms with Gasteiger partial charge in [-0.1, -0.05) is 0 Å². The maximum atomic E-state index is 13.1. The van der Waals surface area contributed by atoms with Crippen molar-refractivity contribution in [2.24, 2.45) is 0 Å². The van der Waals surface area contributed by atoms with Gasteiger partial charge in [0.1, 0.15) is 5.82 Å². The highest BCUT2D eigenvalue weighted by Gasteiger charge is 2.12. The smallest absolute Gasteiger partial charge is 0.195 e. The molecule has 0 spiro atoms. The van der Waals surface area contributed by atoms with Gasteiger partial charge in [0.15, 0.2) is 5.78 Å². The number of rotatable bonds is 2. The van der Waals surface area contributed by atoms with Gasteiger partial charge in [-0.2, -0.15) is 0 Å². The van der Waals surface area contributed by atoms with E-state index in [1.54, 1.807) is 12.1 Å². The van der Waals surface area contributed by atoms with Gasteiger partial charge in [-0.3, -0.25) is 4.79 Å². The Bertz CT molecular complexity index is 566. The van der Waals surface area contributed by atoms with Gasteiger partial charge in [-0.25, -0.2) is 4.39 Å². The summed E-state index contributed by atoms with van der Waals surface area (Å²) in [4.78, 5) is 12.1. The lowest BCUT2D eigenvalue weighted by Crippen LogP contribution is -2.05. The molecule has 0 saturated heterocycles. The van der Waals surface area contributed by atoms with Gasteiger partial charge in [-0.15, -0.1) is 0 Å². The third kappa shape index (κ3) is 2.63. The highest BCUT2D eigenvalue weighted by atomic mass is 127. The molecule has 0 aliphatic heterocycles. The predicted molar refractivity (Wildman–Crippen MR) is 73.4 cm³/mol. The van der Waals surface area contributed by atoms with Crippen LogP contribution in [0.15, 0.2) is 42.5 Å². The summed E-state index contributed by atoms with van der Waals surface area (Å²) in [5, 5.41) is 0. The number of nitrogens with two attached hydrogens (primary N) is 1. The molecule has 86 valence electrons. The molecule has 2 N–H and O–H groups in total. The lowest BCUT2D eigenvalue weighted by Gasteiger charge is -2.05. The van der Waals surface area contributed by atoms with Crippen LogP contribution in [0.4, 0.5) is 10.1 Å².